The van der Waals surface area contributed by atoms with Crippen molar-refractivity contribution in [2.75, 3.05) is 29.6 Å². The van der Waals surface area contributed by atoms with E-state index >= 15 is 0 Å². The molecule has 0 aliphatic carbocycles. The van der Waals surface area contributed by atoms with Crippen molar-refractivity contribution in [3.05, 3.63) is 87.9 Å². The summed E-state index contributed by atoms with van der Waals surface area (Å²) in [5.41, 5.74) is 2.91. The Labute approximate surface area is 211 Å². The maximum Gasteiger partial charge on any atom is 0.323 e. The number of nitrogens with one attached hydrogen (secondary N) is 1. The SMILES string of the molecule is COc1ccc2c(c1)C1(SCCN1C(=O)Nc1ccc(Cl)cc1)C(=O)N2Cc1ccccc1Cl. The summed E-state index contributed by atoms with van der Waals surface area (Å²) in [6.07, 6.45) is 0. The molecule has 1 atom stereocenters. The Hall–Kier alpha value is -2.87. The molecule has 174 valence electrons. The molecule has 0 bridgehead atoms. The quantitative estimate of drug-likeness (QED) is 0.465. The summed E-state index contributed by atoms with van der Waals surface area (Å²) in [4.78, 5) is 29.7. The Morgan fingerprint density at radius 1 is 1.12 bits per heavy atom. The van der Waals surface area contributed by atoms with Crippen molar-refractivity contribution in [2.45, 2.75) is 11.4 Å². The summed E-state index contributed by atoms with van der Waals surface area (Å²) in [7, 11) is 1.58. The molecule has 6 nitrogen and oxygen atoms in total. The summed E-state index contributed by atoms with van der Waals surface area (Å²) >= 11 is 13.8. The highest BCUT2D eigenvalue weighted by molar-refractivity contribution is 8.01. The minimum absolute atomic E-state index is 0.176. The molecule has 1 spiro atoms. The predicted molar refractivity (Wildman–Crippen MR) is 137 cm³/mol. The second-order valence-corrected chi connectivity index (χ2v) is 10.1. The van der Waals surface area contributed by atoms with E-state index in [1.165, 1.54) is 11.8 Å². The van der Waals surface area contributed by atoms with Crippen molar-refractivity contribution < 1.29 is 14.3 Å². The van der Waals surface area contributed by atoms with Crippen LogP contribution >= 0.6 is 35.0 Å². The van der Waals surface area contributed by atoms with E-state index in [-0.39, 0.29) is 11.9 Å². The van der Waals surface area contributed by atoms with Crippen molar-refractivity contribution >= 4 is 58.3 Å². The number of anilines is 2. The molecule has 2 aliphatic rings. The number of methoxy groups -OCH3 is 1. The first-order chi connectivity index (χ1) is 16.4. The van der Waals surface area contributed by atoms with E-state index in [1.807, 2.05) is 36.4 Å². The largest absolute Gasteiger partial charge is 0.497 e. The number of carbonyl (C=O) groups excluding carboxylic acids is 2. The smallest absolute Gasteiger partial charge is 0.323 e. The number of nitrogens with zero attached hydrogens (tertiary/aromatic N) is 2. The van der Waals surface area contributed by atoms with E-state index < -0.39 is 4.87 Å². The number of benzene rings is 3. The lowest BCUT2D eigenvalue weighted by Gasteiger charge is -2.33. The van der Waals surface area contributed by atoms with Crippen LogP contribution in [0.4, 0.5) is 16.2 Å². The molecule has 0 aromatic heterocycles. The fourth-order valence-corrected chi connectivity index (χ4v) is 6.17. The van der Waals surface area contributed by atoms with Gasteiger partial charge in [0, 0.05) is 33.6 Å². The van der Waals surface area contributed by atoms with Gasteiger partial charge in [-0.25, -0.2) is 4.79 Å². The van der Waals surface area contributed by atoms with Gasteiger partial charge in [-0.15, -0.1) is 11.8 Å². The van der Waals surface area contributed by atoms with Crippen molar-refractivity contribution in [1.82, 2.24) is 4.90 Å². The van der Waals surface area contributed by atoms with Crippen molar-refractivity contribution in [1.29, 1.82) is 0 Å². The number of hydrogen-bond donors (Lipinski definition) is 1. The third kappa shape index (κ3) is 3.78. The summed E-state index contributed by atoms with van der Waals surface area (Å²) in [6, 6.07) is 19.5. The Morgan fingerprint density at radius 2 is 1.88 bits per heavy atom. The van der Waals surface area contributed by atoms with Crippen molar-refractivity contribution in [2.24, 2.45) is 0 Å². The summed E-state index contributed by atoms with van der Waals surface area (Å²) in [5, 5.41) is 4.07. The Balaban J connectivity index is 1.55. The van der Waals surface area contributed by atoms with Crippen molar-refractivity contribution in [3.63, 3.8) is 0 Å². The average Bonchev–Trinajstić information content (AvgIpc) is 3.39. The highest BCUT2D eigenvalue weighted by atomic mass is 35.5. The van der Waals surface area contributed by atoms with Gasteiger partial charge in [0.15, 0.2) is 4.87 Å². The average molecular weight is 514 g/mol. The number of hydrogen-bond acceptors (Lipinski definition) is 4. The molecule has 0 saturated carbocycles. The van der Waals surface area contributed by atoms with Crippen LogP contribution in [-0.4, -0.2) is 36.2 Å². The van der Waals surface area contributed by atoms with Crippen LogP contribution in [0.1, 0.15) is 11.1 Å². The van der Waals surface area contributed by atoms with Gasteiger partial charge in [0.2, 0.25) is 0 Å². The molecule has 2 aliphatic heterocycles. The Kier molecular flexibility index (Phi) is 6.10. The molecule has 34 heavy (non-hydrogen) atoms. The fraction of sp³-hybridized carbons (Fsp3) is 0.200. The molecule has 1 fully saturated rings. The zero-order chi connectivity index (χ0) is 23.9. The van der Waals surface area contributed by atoms with Gasteiger partial charge in [-0.05, 0) is 54.1 Å². The molecular formula is C25H21Cl2N3O3S. The Bertz CT molecular complexity index is 1270. The van der Waals surface area contributed by atoms with E-state index in [9.17, 15) is 9.59 Å². The number of halogens is 2. The van der Waals surface area contributed by atoms with E-state index in [4.69, 9.17) is 27.9 Å². The van der Waals surface area contributed by atoms with E-state index in [0.29, 0.717) is 40.3 Å². The highest BCUT2D eigenvalue weighted by Crippen LogP contribution is 2.55. The maximum absolute atomic E-state index is 14.1. The molecule has 0 radical (unpaired) electrons. The second kappa shape index (κ2) is 9.06. The zero-order valence-electron chi connectivity index (χ0n) is 18.3. The molecule has 3 aromatic carbocycles. The molecule has 1 unspecified atom stereocenters. The zero-order valence-corrected chi connectivity index (χ0v) is 20.6. The highest BCUT2D eigenvalue weighted by Gasteiger charge is 2.59. The number of rotatable bonds is 4. The van der Waals surface area contributed by atoms with Crippen LogP contribution in [0.5, 0.6) is 5.75 Å². The molecule has 5 rings (SSSR count). The van der Waals surface area contributed by atoms with Crippen LogP contribution in [0, 0.1) is 0 Å². The van der Waals surface area contributed by atoms with Gasteiger partial charge in [-0.2, -0.15) is 0 Å². The van der Waals surface area contributed by atoms with Gasteiger partial charge in [0.25, 0.3) is 5.91 Å². The maximum atomic E-state index is 14.1. The minimum Gasteiger partial charge on any atom is -0.497 e. The first-order valence-corrected chi connectivity index (χ1v) is 12.4. The van der Waals surface area contributed by atoms with Gasteiger partial charge in [-0.3, -0.25) is 9.69 Å². The number of amides is 3. The summed E-state index contributed by atoms with van der Waals surface area (Å²) in [5.74, 6) is 1.07. The first-order valence-electron chi connectivity index (χ1n) is 10.7. The molecule has 1 N–H and O–H groups in total. The molecule has 9 heteroatoms. The number of ether oxygens (including phenoxy) is 1. The minimum atomic E-state index is -1.19. The molecule has 3 aromatic rings. The molecular weight excluding hydrogens is 493 g/mol. The predicted octanol–water partition coefficient (Wildman–Crippen LogP) is 5.98. The number of carbonyl (C=O) groups is 2. The third-order valence-electron chi connectivity index (χ3n) is 6.03. The molecule has 2 heterocycles. The van der Waals surface area contributed by atoms with Crippen LogP contribution < -0.4 is 15.0 Å². The second-order valence-electron chi connectivity index (χ2n) is 7.95. The lowest BCUT2D eigenvalue weighted by molar-refractivity contribution is -0.123. The van der Waals surface area contributed by atoms with Gasteiger partial charge in [-0.1, -0.05) is 41.4 Å². The van der Waals surface area contributed by atoms with E-state index in [2.05, 4.69) is 5.32 Å². The molecule has 3 amide bonds. The van der Waals surface area contributed by atoms with Gasteiger partial charge >= 0.3 is 6.03 Å². The van der Waals surface area contributed by atoms with Crippen LogP contribution in [0.25, 0.3) is 0 Å². The topological polar surface area (TPSA) is 61.9 Å². The van der Waals surface area contributed by atoms with Crippen molar-refractivity contribution in [3.8, 4) is 5.75 Å². The third-order valence-corrected chi connectivity index (χ3v) is 8.07. The lowest BCUT2D eigenvalue weighted by atomic mass is 10.1. The fourth-order valence-electron chi connectivity index (χ4n) is 4.40. The monoisotopic (exact) mass is 513 g/mol. The number of urea groups is 1. The van der Waals surface area contributed by atoms with Gasteiger partial charge < -0.3 is 15.0 Å². The van der Waals surface area contributed by atoms with Crippen LogP contribution in [0.15, 0.2) is 66.7 Å². The van der Waals surface area contributed by atoms with E-state index in [0.717, 1.165) is 16.8 Å². The number of thioether (sulfide) groups is 1. The van der Waals surface area contributed by atoms with Crippen LogP contribution in [-0.2, 0) is 16.2 Å². The standard InChI is InChI=1S/C25H21Cl2N3O3S/c1-33-19-10-11-22-20(14-19)25(23(31)29(22)15-16-4-2-3-5-21(16)27)30(12-13-34-25)24(32)28-18-8-6-17(26)7-9-18/h2-11,14H,12-13,15H2,1H3,(H,28,32). The van der Waals surface area contributed by atoms with Gasteiger partial charge in [0.1, 0.15) is 5.75 Å². The lowest BCUT2D eigenvalue weighted by Crippen LogP contribution is -2.51. The van der Waals surface area contributed by atoms with Gasteiger partial charge in [0.05, 0.1) is 19.3 Å². The summed E-state index contributed by atoms with van der Waals surface area (Å²) < 4.78 is 5.46. The Morgan fingerprint density at radius 3 is 2.62 bits per heavy atom. The summed E-state index contributed by atoms with van der Waals surface area (Å²) in [6.45, 7) is 0.721. The van der Waals surface area contributed by atoms with Crippen LogP contribution in [0.2, 0.25) is 10.0 Å². The van der Waals surface area contributed by atoms with Crippen LogP contribution in [0.3, 0.4) is 0 Å². The normalized spacial score (nSPS) is 19.0. The number of fused-ring (bicyclic) bond motifs is 2. The molecule has 1 saturated heterocycles. The van der Waals surface area contributed by atoms with E-state index in [1.54, 1.807) is 47.2 Å². The first kappa shape index (κ1) is 22.9.